The molecule has 0 aliphatic heterocycles. The van der Waals surface area contributed by atoms with Gasteiger partial charge in [0.1, 0.15) is 12.4 Å². The predicted molar refractivity (Wildman–Crippen MR) is 66.2 cm³/mol. The van der Waals surface area contributed by atoms with Crippen LogP contribution in [0, 0.1) is 0 Å². The van der Waals surface area contributed by atoms with E-state index in [0.29, 0.717) is 18.2 Å². The maximum absolute atomic E-state index is 6.09. The van der Waals surface area contributed by atoms with E-state index < -0.39 is 0 Å². The average Bonchev–Trinajstić information content (AvgIpc) is 2.28. The Labute approximate surface area is 101 Å². The topological polar surface area (TPSA) is 44.5 Å². The maximum Gasteiger partial charge on any atom is 0.141 e. The van der Waals surface area contributed by atoms with Crippen LogP contribution in [0.4, 0.5) is 0 Å². The van der Waals surface area contributed by atoms with E-state index in [4.69, 9.17) is 26.8 Å². The third-order valence-corrected chi connectivity index (χ3v) is 2.62. The van der Waals surface area contributed by atoms with Gasteiger partial charge in [-0.2, -0.15) is 0 Å². The van der Waals surface area contributed by atoms with E-state index in [-0.39, 0.29) is 6.10 Å². The minimum atomic E-state index is 0.0435. The summed E-state index contributed by atoms with van der Waals surface area (Å²) in [7, 11) is 1.65. The number of halogens is 1. The maximum atomic E-state index is 6.09. The Morgan fingerprint density at radius 1 is 1.44 bits per heavy atom. The van der Waals surface area contributed by atoms with Gasteiger partial charge in [-0.3, -0.25) is 0 Å². The molecule has 0 heterocycles. The van der Waals surface area contributed by atoms with Crippen molar-refractivity contribution in [3.8, 4) is 5.75 Å². The number of benzene rings is 1. The van der Waals surface area contributed by atoms with Gasteiger partial charge in [0.05, 0.1) is 11.1 Å². The Hall–Kier alpha value is -0.770. The molecule has 0 aliphatic carbocycles. The third kappa shape index (κ3) is 3.67. The molecule has 0 saturated heterocycles. The van der Waals surface area contributed by atoms with Gasteiger partial charge in [-0.05, 0) is 31.5 Å². The van der Waals surface area contributed by atoms with Gasteiger partial charge in [0.25, 0.3) is 0 Å². The lowest BCUT2D eigenvalue weighted by Crippen LogP contribution is -2.17. The van der Waals surface area contributed by atoms with Gasteiger partial charge in [-0.1, -0.05) is 23.7 Å². The predicted octanol–water partition coefficient (Wildman–Crippen LogP) is 2.25. The Balaban J connectivity index is 2.75. The second-order valence-electron chi connectivity index (χ2n) is 3.62. The first-order valence-electron chi connectivity index (χ1n) is 5.32. The van der Waals surface area contributed by atoms with Crippen LogP contribution < -0.4 is 10.5 Å². The summed E-state index contributed by atoms with van der Waals surface area (Å²) in [6.07, 6.45) is 0.805. The van der Waals surface area contributed by atoms with Crippen LogP contribution in [0.3, 0.4) is 0 Å². The molecule has 0 saturated carbocycles. The van der Waals surface area contributed by atoms with E-state index >= 15 is 0 Å². The number of hydrogen-bond acceptors (Lipinski definition) is 3. The lowest BCUT2D eigenvalue weighted by molar-refractivity contribution is 0.0713. The molecule has 0 amide bonds. The van der Waals surface area contributed by atoms with Crippen molar-refractivity contribution in [2.75, 3.05) is 20.3 Å². The summed E-state index contributed by atoms with van der Waals surface area (Å²) in [5.74, 6) is 0.721. The molecule has 90 valence electrons. The highest BCUT2D eigenvalue weighted by Gasteiger charge is 2.09. The minimum absolute atomic E-state index is 0.0435. The fourth-order valence-electron chi connectivity index (χ4n) is 1.34. The first kappa shape index (κ1) is 13.3. The molecular weight excluding hydrogens is 226 g/mol. The smallest absolute Gasteiger partial charge is 0.141 e. The van der Waals surface area contributed by atoms with E-state index in [1.807, 2.05) is 25.1 Å². The number of rotatable bonds is 6. The molecule has 0 aromatic heterocycles. The number of nitrogens with two attached hydrogens (primary N) is 1. The monoisotopic (exact) mass is 243 g/mol. The quantitative estimate of drug-likeness (QED) is 0.834. The summed E-state index contributed by atoms with van der Waals surface area (Å²) in [6, 6.07) is 5.69. The van der Waals surface area contributed by atoms with Gasteiger partial charge in [0.15, 0.2) is 0 Å². The van der Waals surface area contributed by atoms with E-state index in [9.17, 15) is 0 Å². The Morgan fingerprint density at radius 2 is 2.19 bits per heavy atom. The summed E-state index contributed by atoms with van der Waals surface area (Å²) in [5.41, 5.74) is 6.58. The van der Waals surface area contributed by atoms with Crippen LogP contribution >= 0.6 is 11.6 Å². The summed E-state index contributed by atoms with van der Waals surface area (Å²) in [4.78, 5) is 0. The molecule has 2 N–H and O–H groups in total. The van der Waals surface area contributed by atoms with Crippen molar-refractivity contribution in [3.05, 3.63) is 28.8 Å². The lowest BCUT2D eigenvalue weighted by Gasteiger charge is -2.15. The van der Waals surface area contributed by atoms with Crippen molar-refractivity contribution < 1.29 is 9.47 Å². The van der Waals surface area contributed by atoms with Gasteiger partial charge in [-0.15, -0.1) is 0 Å². The molecule has 1 aromatic carbocycles. The second kappa shape index (κ2) is 6.74. The SMILES string of the molecule is COC(C)COc1c(Cl)cccc1CCN. The highest BCUT2D eigenvalue weighted by molar-refractivity contribution is 6.32. The second-order valence-corrected chi connectivity index (χ2v) is 4.03. The van der Waals surface area contributed by atoms with E-state index in [1.165, 1.54) is 0 Å². The summed E-state index contributed by atoms with van der Waals surface area (Å²) >= 11 is 6.09. The van der Waals surface area contributed by atoms with Gasteiger partial charge >= 0.3 is 0 Å². The van der Waals surface area contributed by atoms with Crippen molar-refractivity contribution in [3.63, 3.8) is 0 Å². The van der Waals surface area contributed by atoms with E-state index in [1.54, 1.807) is 7.11 Å². The molecule has 0 fully saturated rings. The van der Waals surface area contributed by atoms with Gasteiger partial charge in [0.2, 0.25) is 0 Å². The zero-order valence-electron chi connectivity index (χ0n) is 9.70. The summed E-state index contributed by atoms with van der Waals surface area (Å²) in [6.45, 7) is 3.01. The zero-order chi connectivity index (χ0) is 12.0. The lowest BCUT2D eigenvalue weighted by atomic mass is 10.1. The molecule has 1 rings (SSSR count). The van der Waals surface area contributed by atoms with Crippen LogP contribution in [-0.2, 0) is 11.2 Å². The van der Waals surface area contributed by atoms with Crippen LogP contribution in [0.15, 0.2) is 18.2 Å². The largest absolute Gasteiger partial charge is 0.489 e. The fraction of sp³-hybridized carbons (Fsp3) is 0.500. The van der Waals surface area contributed by atoms with Gasteiger partial charge < -0.3 is 15.2 Å². The van der Waals surface area contributed by atoms with E-state index in [0.717, 1.165) is 17.7 Å². The number of hydrogen-bond donors (Lipinski definition) is 1. The first-order valence-corrected chi connectivity index (χ1v) is 5.70. The van der Waals surface area contributed by atoms with Crippen LogP contribution in [-0.4, -0.2) is 26.4 Å². The normalized spacial score (nSPS) is 12.5. The van der Waals surface area contributed by atoms with Gasteiger partial charge in [0, 0.05) is 7.11 Å². The molecule has 0 bridgehead atoms. The standard InChI is InChI=1S/C12H18ClNO2/c1-9(15-2)8-16-12-10(6-7-14)4-3-5-11(12)13/h3-5,9H,6-8,14H2,1-2H3. The number of methoxy groups -OCH3 is 1. The van der Waals surface area contributed by atoms with Crippen molar-refractivity contribution in [2.45, 2.75) is 19.4 Å². The molecule has 0 aliphatic rings. The molecule has 4 heteroatoms. The van der Waals surface area contributed by atoms with Crippen molar-refractivity contribution in [2.24, 2.45) is 5.73 Å². The Morgan fingerprint density at radius 3 is 2.81 bits per heavy atom. The number of para-hydroxylation sites is 1. The summed E-state index contributed by atoms with van der Waals surface area (Å²) in [5, 5.41) is 0.620. The third-order valence-electron chi connectivity index (χ3n) is 2.33. The van der Waals surface area contributed by atoms with Crippen molar-refractivity contribution >= 4 is 11.6 Å². The Bertz CT molecular complexity index is 331. The van der Waals surface area contributed by atoms with Crippen LogP contribution in [0.2, 0.25) is 5.02 Å². The average molecular weight is 244 g/mol. The van der Waals surface area contributed by atoms with Crippen LogP contribution in [0.25, 0.3) is 0 Å². The highest BCUT2D eigenvalue weighted by Crippen LogP contribution is 2.29. The molecule has 1 atom stereocenters. The highest BCUT2D eigenvalue weighted by atomic mass is 35.5. The molecule has 0 radical (unpaired) electrons. The van der Waals surface area contributed by atoms with Crippen LogP contribution in [0.5, 0.6) is 5.75 Å². The zero-order valence-corrected chi connectivity index (χ0v) is 10.5. The summed E-state index contributed by atoms with van der Waals surface area (Å²) < 4.78 is 10.8. The molecule has 1 unspecified atom stereocenters. The molecule has 0 spiro atoms. The molecule has 16 heavy (non-hydrogen) atoms. The molecule has 3 nitrogen and oxygen atoms in total. The number of ether oxygens (including phenoxy) is 2. The van der Waals surface area contributed by atoms with Gasteiger partial charge in [-0.25, -0.2) is 0 Å². The van der Waals surface area contributed by atoms with Crippen LogP contribution in [0.1, 0.15) is 12.5 Å². The minimum Gasteiger partial charge on any atom is -0.489 e. The van der Waals surface area contributed by atoms with E-state index in [2.05, 4.69) is 0 Å². The van der Waals surface area contributed by atoms with Crippen molar-refractivity contribution in [1.82, 2.24) is 0 Å². The Kier molecular flexibility index (Phi) is 5.60. The fourth-order valence-corrected chi connectivity index (χ4v) is 1.58. The van der Waals surface area contributed by atoms with Crippen molar-refractivity contribution in [1.29, 1.82) is 0 Å². The first-order chi connectivity index (χ1) is 7.69. The molecular formula is C12H18ClNO2. The molecule has 1 aromatic rings.